The number of quaternary nitrogens is 1. The van der Waals surface area contributed by atoms with Crippen molar-refractivity contribution in [2.45, 2.75) is 39.0 Å². The van der Waals surface area contributed by atoms with Crippen molar-refractivity contribution >= 4 is 16.9 Å². The van der Waals surface area contributed by atoms with Crippen molar-refractivity contribution in [3.63, 3.8) is 0 Å². The molecule has 1 unspecified atom stereocenters. The Balaban J connectivity index is 1.44. The van der Waals surface area contributed by atoms with Gasteiger partial charge in [0.15, 0.2) is 6.23 Å². The van der Waals surface area contributed by atoms with Crippen molar-refractivity contribution in [1.29, 1.82) is 0 Å². The molecule has 0 N–H and O–H groups in total. The van der Waals surface area contributed by atoms with Crippen LogP contribution in [-0.4, -0.2) is 50.5 Å². The molecule has 2 aromatic rings. The molecule has 1 atom stereocenters. The second kappa shape index (κ2) is 9.11. The highest BCUT2D eigenvalue weighted by Crippen LogP contribution is 2.36. The zero-order valence-corrected chi connectivity index (χ0v) is 21.0. The highest BCUT2D eigenvalue weighted by Gasteiger charge is 2.31. The Bertz CT molecular complexity index is 1070. The number of para-hydroxylation sites is 3. The molecule has 0 aliphatic carbocycles. The number of benzene rings is 2. The number of fused-ring (bicyclic) bond motifs is 2. The summed E-state index contributed by atoms with van der Waals surface area (Å²) < 4.78 is 7.09. The lowest BCUT2D eigenvalue weighted by molar-refractivity contribution is -0.935. The lowest BCUT2D eigenvalue weighted by atomic mass is 9.99. The Morgan fingerprint density at radius 2 is 1.70 bits per heavy atom. The SMILES string of the molecule is CN1c2ccccc2OC1/C=C\C=C1\C=CN(CCC[N+](C)(C)C(C)(C)C)c2ccccc21. The number of hydrogen-bond donors (Lipinski definition) is 0. The molecular formula is C29H38N3O+. The predicted octanol–water partition coefficient (Wildman–Crippen LogP) is 6.08. The molecule has 2 heterocycles. The molecule has 0 aromatic heterocycles. The minimum atomic E-state index is -0.0807. The Morgan fingerprint density at radius 3 is 2.42 bits per heavy atom. The van der Waals surface area contributed by atoms with Crippen LogP contribution in [0.5, 0.6) is 5.75 Å². The second-order valence-electron chi connectivity index (χ2n) is 10.6. The molecule has 0 saturated heterocycles. The van der Waals surface area contributed by atoms with E-state index >= 15 is 0 Å². The molecular weight excluding hydrogens is 406 g/mol. The largest absolute Gasteiger partial charge is 0.465 e. The number of likely N-dealkylation sites (N-methyl/N-ethyl adjacent to an activating group) is 1. The van der Waals surface area contributed by atoms with Gasteiger partial charge in [-0.1, -0.05) is 42.5 Å². The average molecular weight is 445 g/mol. The van der Waals surface area contributed by atoms with Gasteiger partial charge < -0.3 is 19.0 Å². The fourth-order valence-electron chi connectivity index (χ4n) is 4.24. The van der Waals surface area contributed by atoms with Crippen molar-refractivity contribution in [1.82, 2.24) is 0 Å². The molecule has 0 amide bonds. The van der Waals surface area contributed by atoms with Gasteiger partial charge in [0.25, 0.3) is 0 Å². The zero-order valence-electron chi connectivity index (χ0n) is 21.0. The molecule has 4 rings (SSSR count). The fourth-order valence-corrected chi connectivity index (χ4v) is 4.24. The molecule has 0 fully saturated rings. The first-order chi connectivity index (χ1) is 15.7. The average Bonchev–Trinajstić information content (AvgIpc) is 3.10. The van der Waals surface area contributed by atoms with Gasteiger partial charge in [-0.3, -0.25) is 0 Å². The summed E-state index contributed by atoms with van der Waals surface area (Å²) in [5, 5.41) is 0. The third kappa shape index (κ3) is 4.86. The molecule has 4 heteroatoms. The summed E-state index contributed by atoms with van der Waals surface area (Å²) >= 11 is 0. The van der Waals surface area contributed by atoms with Crippen LogP contribution in [0, 0.1) is 0 Å². The molecule has 0 saturated carbocycles. The standard InChI is InChI=1S/C29H38N3O/c1-29(2,3)32(5,6)22-12-20-31-21-19-23(24-14-7-8-15-25(24)31)13-11-18-28-30(4)26-16-9-10-17-27(26)33-28/h7-11,13-19,21,28H,12,20,22H2,1-6H3/q+1/b18-11-,23-13-. The summed E-state index contributed by atoms with van der Waals surface area (Å²) in [4.78, 5) is 4.55. The van der Waals surface area contributed by atoms with Gasteiger partial charge in [0.1, 0.15) is 5.75 Å². The Morgan fingerprint density at radius 1 is 1.00 bits per heavy atom. The summed E-state index contributed by atoms with van der Waals surface area (Å²) in [7, 11) is 6.73. The van der Waals surface area contributed by atoms with Crippen LogP contribution in [0.15, 0.2) is 79.0 Å². The van der Waals surface area contributed by atoms with Crippen LogP contribution < -0.4 is 14.5 Å². The van der Waals surface area contributed by atoms with E-state index in [1.165, 1.54) is 16.8 Å². The summed E-state index contributed by atoms with van der Waals surface area (Å²) in [5.74, 6) is 0.939. The quantitative estimate of drug-likeness (QED) is 0.502. The summed E-state index contributed by atoms with van der Waals surface area (Å²) in [6, 6.07) is 16.9. The molecule has 0 radical (unpaired) electrons. The number of anilines is 2. The van der Waals surface area contributed by atoms with Crippen LogP contribution in [0.3, 0.4) is 0 Å². The van der Waals surface area contributed by atoms with Gasteiger partial charge in [0, 0.05) is 37.5 Å². The predicted molar refractivity (Wildman–Crippen MR) is 141 cm³/mol. The number of ether oxygens (including phenoxy) is 1. The first-order valence-electron chi connectivity index (χ1n) is 11.9. The highest BCUT2D eigenvalue weighted by molar-refractivity contribution is 5.86. The normalized spacial score (nSPS) is 19.2. The molecule has 0 spiro atoms. The number of allylic oxidation sites excluding steroid dienone is 4. The molecule has 2 aliphatic heterocycles. The van der Waals surface area contributed by atoms with Crippen LogP contribution in [-0.2, 0) is 0 Å². The summed E-state index contributed by atoms with van der Waals surface area (Å²) in [5.41, 5.74) is 5.16. The molecule has 4 nitrogen and oxygen atoms in total. The van der Waals surface area contributed by atoms with Crippen molar-refractivity contribution in [2.24, 2.45) is 0 Å². The maximum absolute atomic E-state index is 6.07. The number of rotatable bonds is 6. The number of hydrogen-bond acceptors (Lipinski definition) is 3. The van der Waals surface area contributed by atoms with Crippen LogP contribution in [0.2, 0.25) is 0 Å². The molecule has 174 valence electrons. The van der Waals surface area contributed by atoms with Gasteiger partial charge >= 0.3 is 0 Å². The van der Waals surface area contributed by atoms with E-state index in [0.717, 1.165) is 35.4 Å². The first-order valence-corrected chi connectivity index (χ1v) is 11.9. The Hall–Kier alpha value is -2.98. The van der Waals surface area contributed by atoms with E-state index in [0.29, 0.717) is 0 Å². The van der Waals surface area contributed by atoms with Gasteiger partial charge in [-0.2, -0.15) is 0 Å². The minimum absolute atomic E-state index is 0.0807. The van der Waals surface area contributed by atoms with E-state index in [1.807, 2.05) is 18.2 Å². The van der Waals surface area contributed by atoms with E-state index in [9.17, 15) is 0 Å². The third-order valence-corrected chi connectivity index (χ3v) is 7.32. The minimum Gasteiger partial charge on any atom is -0.465 e. The van der Waals surface area contributed by atoms with Crippen LogP contribution >= 0.6 is 0 Å². The fraction of sp³-hybridized carbons (Fsp3) is 0.379. The molecule has 33 heavy (non-hydrogen) atoms. The Kier molecular flexibility index (Phi) is 6.40. The van der Waals surface area contributed by atoms with E-state index < -0.39 is 0 Å². The highest BCUT2D eigenvalue weighted by atomic mass is 16.5. The van der Waals surface area contributed by atoms with Gasteiger partial charge in [0.05, 0.1) is 31.9 Å². The van der Waals surface area contributed by atoms with Gasteiger partial charge in [-0.15, -0.1) is 0 Å². The van der Waals surface area contributed by atoms with E-state index in [2.05, 4.69) is 113 Å². The maximum atomic E-state index is 6.07. The number of nitrogens with zero attached hydrogens (tertiary/aromatic N) is 3. The van der Waals surface area contributed by atoms with Crippen molar-refractivity contribution in [2.75, 3.05) is 44.0 Å². The lowest BCUT2D eigenvalue weighted by Crippen LogP contribution is -2.55. The van der Waals surface area contributed by atoms with Gasteiger partial charge in [0.2, 0.25) is 0 Å². The van der Waals surface area contributed by atoms with Crippen LogP contribution in [0.25, 0.3) is 5.57 Å². The van der Waals surface area contributed by atoms with Crippen molar-refractivity contribution in [3.8, 4) is 5.75 Å². The summed E-state index contributed by atoms with van der Waals surface area (Å²) in [6.45, 7) is 9.13. The third-order valence-electron chi connectivity index (χ3n) is 7.32. The van der Waals surface area contributed by atoms with Crippen LogP contribution in [0.4, 0.5) is 11.4 Å². The molecule has 2 aliphatic rings. The molecule has 2 aromatic carbocycles. The van der Waals surface area contributed by atoms with Crippen LogP contribution in [0.1, 0.15) is 32.8 Å². The van der Waals surface area contributed by atoms with Gasteiger partial charge in [-0.25, -0.2) is 0 Å². The smallest absolute Gasteiger partial charge is 0.192 e. The van der Waals surface area contributed by atoms with E-state index in [-0.39, 0.29) is 11.8 Å². The van der Waals surface area contributed by atoms with E-state index in [4.69, 9.17) is 4.74 Å². The Labute approximate surface area is 199 Å². The monoisotopic (exact) mass is 444 g/mol. The second-order valence-corrected chi connectivity index (χ2v) is 10.6. The van der Waals surface area contributed by atoms with E-state index in [1.54, 1.807) is 0 Å². The maximum Gasteiger partial charge on any atom is 0.192 e. The summed E-state index contributed by atoms with van der Waals surface area (Å²) in [6.07, 6.45) is 11.9. The lowest BCUT2D eigenvalue weighted by Gasteiger charge is -2.43. The van der Waals surface area contributed by atoms with Crippen molar-refractivity contribution in [3.05, 3.63) is 84.6 Å². The topological polar surface area (TPSA) is 15.7 Å². The van der Waals surface area contributed by atoms with Gasteiger partial charge in [-0.05, 0) is 56.7 Å². The molecule has 0 bridgehead atoms. The first kappa shape index (κ1) is 23.2. The zero-order chi connectivity index (χ0) is 23.6. The van der Waals surface area contributed by atoms with Crippen molar-refractivity contribution < 1.29 is 9.22 Å².